The van der Waals surface area contributed by atoms with Gasteiger partial charge in [-0.1, -0.05) is 31.5 Å². The Hall–Kier alpha value is -1.64. The maximum absolute atomic E-state index is 10.7. The van der Waals surface area contributed by atoms with Gasteiger partial charge in [0, 0.05) is 0 Å². The maximum Gasteiger partial charge on any atom is 0.272 e. The highest BCUT2D eigenvalue weighted by Crippen LogP contribution is 2.15. The van der Waals surface area contributed by atoms with Crippen LogP contribution in [0.25, 0.3) is 5.70 Å². The van der Waals surface area contributed by atoms with Crippen LogP contribution in [0.3, 0.4) is 0 Å². The Balaban J connectivity index is 2.95. The number of benzene rings is 1. The van der Waals surface area contributed by atoms with Crippen molar-refractivity contribution in [2.45, 2.75) is 19.8 Å². The van der Waals surface area contributed by atoms with Crippen molar-refractivity contribution in [2.24, 2.45) is 0 Å². The van der Waals surface area contributed by atoms with Gasteiger partial charge in [0.05, 0.1) is 10.5 Å². The van der Waals surface area contributed by atoms with E-state index in [0.717, 1.165) is 12.8 Å². The Morgan fingerprint density at radius 2 is 2.07 bits per heavy atom. The lowest BCUT2D eigenvalue weighted by molar-refractivity contribution is -0.375. The molecule has 0 N–H and O–H groups in total. The summed E-state index contributed by atoms with van der Waals surface area (Å²) in [5.74, 6) is 0. The summed E-state index contributed by atoms with van der Waals surface area (Å²) in [5, 5.41) is 10.7. The van der Waals surface area contributed by atoms with Gasteiger partial charge >= 0.3 is 0 Å². The van der Waals surface area contributed by atoms with Crippen molar-refractivity contribution >= 4 is 5.70 Å². The molecule has 1 rings (SSSR count). The first-order chi connectivity index (χ1) is 6.75. The average molecular weight is 191 g/mol. The molecule has 0 saturated heterocycles. The van der Waals surface area contributed by atoms with E-state index in [4.69, 9.17) is 0 Å². The standard InChI is InChI=1S/C11H13NO2/c1-2-3-9-11(12(13)14)10-7-5-4-6-8-10/h4-9H,2-3H2,1H3/b11-9-. The molecule has 0 bridgehead atoms. The van der Waals surface area contributed by atoms with E-state index in [0.29, 0.717) is 5.56 Å². The number of allylic oxidation sites excluding steroid dienone is 1. The molecule has 0 radical (unpaired) electrons. The van der Waals surface area contributed by atoms with Crippen LogP contribution in [-0.2, 0) is 0 Å². The van der Waals surface area contributed by atoms with Gasteiger partial charge in [0.25, 0.3) is 5.70 Å². The third-order valence-electron chi connectivity index (χ3n) is 1.89. The first-order valence-electron chi connectivity index (χ1n) is 4.65. The molecule has 0 aromatic heterocycles. The lowest BCUT2D eigenvalue weighted by atomic mass is 10.1. The summed E-state index contributed by atoms with van der Waals surface area (Å²) >= 11 is 0. The molecule has 74 valence electrons. The molecule has 0 saturated carbocycles. The lowest BCUT2D eigenvalue weighted by Crippen LogP contribution is -1.97. The van der Waals surface area contributed by atoms with E-state index in [1.165, 1.54) is 0 Å². The minimum atomic E-state index is -0.328. The van der Waals surface area contributed by atoms with Gasteiger partial charge in [0.1, 0.15) is 0 Å². The zero-order chi connectivity index (χ0) is 10.4. The van der Waals surface area contributed by atoms with E-state index in [9.17, 15) is 10.1 Å². The highest BCUT2D eigenvalue weighted by atomic mass is 16.6. The van der Waals surface area contributed by atoms with Crippen molar-refractivity contribution in [2.75, 3.05) is 0 Å². The van der Waals surface area contributed by atoms with Crippen LogP contribution in [0.2, 0.25) is 0 Å². The molecule has 0 aliphatic rings. The summed E-state index contributed by atoms with van der Waals surface area (Å²) in [6.07, 6.45) is 3.34. The van der Waals surface area contributed by atoms with Crippen LogP contribution in [0.5, 0.6) is 0 Å². The summed E-state index contributed by atoms with van der Waals surface area (Å²) in [5.41, 5.74) is 0.874. The zero-order valence-electron chi connectivity index (χ0n) is 8.14. The predicted molar refractivity (Wildman–Crippen MR) is 56.3 cm³/mol. The van der Waals surface area contributed by atoms with Crippen LogP contribution in [0.15, 0.2) is 36.4 Å². The molecule has 0 aliphatic carbocycles. The van der Waals surface area contributed by atoms with Crippen molar-refractivity contribution in [3.8, 4) is 0 Å². The molecule has 3 nitrogen and oxygen atoms in total. The molecule has 14 heavy (non-hydrogen) atoms. The molecular formula is C11H13NO2. The van der Waals surface area contributed by atoms with Crippen LogP contribution in [0.4, 0.5) is 0 Å². The topological polar surface area (TPSA) is 43.1 Å². The predicted octanol–water partition coefficient (Wildman–Crippen LogP) is 3.10. The molecule has 1 aromatic rings. The summed E-state index contributed by atoms with van der Waals surface area (Å²) in [6.45, 7) is 2.00. The summed E-state index contributed by atoms with van der Waals surface area (Å²) in [7, 11) is 0. The van der Waals surface area contributed by atoms with E-state index in [1.807, 2.05) is 13.0 Å². The van der Waals surface area contributed by atoms with Crippen molar-refractivity contribution < 1.29 is 4.92 Å². The second-order valence-electron chi connectivity index (χ2n) is 3.00. The van der Waals surface area contributed by atoms with Crippen LogP contribution in [0, 0.1) is 10.1 Å². The van der Waals surface area contributed by atoms with Gasteiger partial charge in [-0.2, -0.15) is 0 Å². The monoisotopic (exact) mass is 191 g/mol. The lowest BCUT2D eigenvalue weighted by Gasteiger charge is -1.97. The fourth-order valence-corrected chi connectivity index (χ4v) is 1.19. The van der Waals surface area contributed by atoms with Crippen LogP contribution in [-0.4, -0.2) is 4.92 Å². The number of nitrogens with zero attached hydrogens (tertiary/aromatic N) is 1. The first kappa shape index (κ1) is 10.4. The molecule has 1 aromatic carbocycles. The minimum Gasteiger partial charge on any atom is -0.258 e. The van der Waals surface area contributed by atoms with Gasteiger partial charge < -0.3 is 0 Å². The van der Waals surface area contributed by atoms with E-state index in [1.54, 1.807) is 30.3 Å². The SMILES string of the molecule is CCC/C=C(/c1ccccc1)[N+](=O)[O-]. The third-order valence-corrected chi connectivity index (χ3v) is 1.89. The van der Waals surface area contributed by atoms with Gasteiger partial charge in [0.2, 0.25) is 0 Å². The van der Waals surface area contributed by atoms with E-state index >= 15 is 0 Å². The molecule has 0 amide bonds. The fourth-order valence-electron chi connectivity index (χ4n) is 1.19. The Kier molecular flexibility index (Phi) is 3.85. The van der Waals surface area contributed by atoms with Crippen LogP contribution >= 0.6 is 0 Å². The fraction of sp³-hybridized carbons (Fsp3) is 0.273. The second-order valence-corrected chi connectivity index (χ2v) is 3.00. The minimum absolute atomic E-state index is 0.201. The van der Waals surface area contributed by atoms with Gasteiger partial charge in [-0.15, -0.1) is 0 Å². The van der Waals surface area contributed by atoms with Gasteiger partial charge in [-0.05, 0) is 24.6 Å². The molecule has 0 atom stereocenters. The molecule has 0 unspecified atom stereocenters. The molecule has 0 aliphatic heterocycles. The smallest absolute Gasteiger partial charge is 0.258 e. The Morgan fingerprint density at radius 3 is 2.57 bits per heavy atom. The van der Waals surface area contributed by atoms with Crippen molar-refractivity contribution in [1.29, 1.82) is 0 Å². The van der Waals surface area contributed by atoms with E-state index in [2.05, 4.69) is 0 Å². The quantitative estimate of drug-likeness (QED) is 0.542. The summed E-state index contributed by atoms with van der Waals surface area (Å²) in [6, 6.07) is 8.96. The number of hydrogen-bond donors (Lipinski definition) is 0. The molecular weight excluding hydrogens is 178 g/mol. The number of unbranched alkanes of at least 4 members (excludes halogenated alkanes) is 1. The second kappa shape index (κ2) is 5.17. The number of rotatable bonds is 4. The number of hydrogen-bond acceptors (Lipinski definition) is 2. The average Bonchev–Trinajstić information content (AvgIpc) is 2.19. The van der Waals surface area contributed by atoms with Gasteiger partial charge in [0.15, 0.2) is 0 Å². The van der Waals surface area contributed by atoms with Crippen molar-refractivity contribution in [1.82, 2.24) is 0 Å². The Bertz CT molecular complexity index is 330. The van der Waals surface area contributed by atoms with Crippen LogP contribution in [0.1, 0.15) is 25.3 Å². The highest BCUT2D eigenvalue weighted by molar-refractivity contribution is 5.58. The molecule has 0 fully saturated rings. The molecule has 0 heterocycles. The van der Waals surface area contributed by atoms with Gasteiger partial charge in [-0.25, -0.2) is 0 Å². The summed E-state index contributed by atoms with van der Waals surface area (Å²) in [4.78, 5) is 10.4. The molecule has 0 spiro atoms. The van der Waals surface area contributed by atoms with Crippen molar-refractivity contribution in [3.05, 3.63) is 52.1 Å². The molecule has 3 heteroatoms. The van der Waals surface area contributed by atoms with E-state index < -0.39 is 0 Å². The van der Waals surface area contributed by atoms with Crippen LogP contribution < -0.4 is 0 Å². The largest absolute Gasteiger partial charge is 0.272 e. The maximum atomic E-state index is 10.7. The normalized spacial score (nSPS) is 11.4. The highest BCUT2D eigenvalue weighted by Gasteiger charge is 2.11. The first-order valence-corrected chi connectivity index (χ1v) is 4.65. The van der Waals surface area contributed by atoms with Gasteiger partial charge in [-0.3, -0.25) is 10.1 Å². The zero-order valence-corrected chi connectivity index (χ0v) is 8.14. The number of nitro groups is 1. The van der Waals surface area contributed by atoms with E-state index in [-0.39, 0.29) is 10.6 Å². The Labute approximate surface area is 83.2 Å². The van der Waals surface area contributed by atoms with Crippen molar-refractivity contribution in [3.63, 3.8) is 0 Å². The summed E-state index contributed by atoms with van der Waals surface area (Å²) < 4.78 is 0. The Morgan fingerprint density at radius 1 is 1.43 bits per heavy atom. The third kappa shape index (κ3) is 2.69.